The van der Waals surface area contributed by atoms with Crippen molar-refractivity contribution < 1.29 is 9.21 Å². The van der Waals surface area contributed by atoms with Gasteiger partial charge in [-0.2, -0.15) is 0 Å². The molecule has 1 heterocycles. The van der Waals surface area contributed by atoms with Crippen molar-refractivity contribution in [3.05, 3.63) is 48.4 Å². The largest absolute Gasteiger partial charge is 0.467 e. The number of benzene rings is 1. The summed E-state index contributed by atoms with van der Waals surface area (Å²) in [6.07, 6.45) is 1.58. The van der Waals surface area contributed by atoms with Crippen LogP contribution in [-0.4, -0.2) is 20.1 Å². The molecule has 19 heavy (non-hydrogen) atoms. The predicted octanol–water partition coefficient (Wildman–Crippen LogP) is 2.67. The zero-order valence-corrected chi connectivity index (χ0v) is 11.0. The van der Waals surface area contributed by atoms with Crippen LogP contribution < -0.4 is 15.5 Å². The number of amides is 2. The predicted molar refractivity (Wildman–Crippen MR) is 75.3 cm³/mol. The molecule has 1 aromatic heterocycles. The van der Waals surface area contributed by atoms with E-state index in [-0.39, 0.29) is 6.03 Å². The van der Waals surface area contributed by atoms with E-state index in [0.29, 0.717) is 6.54 Å². The first-order valence-electron chi connectivity index (χ1n) is 6.00. The van der Waals surface area contributed by atoms with Crippen LogP contribution in [0.1, 0.15) is 5.76 Å². The quantitative estimate of drug-likeness (QED) is 0.887. The van der Waals surface area contributed by atoms with Crippen molar-refractivity contribution in [2.45, 2.75) is 6.54 Å². The van der Waals surface area contributed by atoms with Crippen LogP contribution in [0.3, 0.4) is 0 Å². The average Bonchev–Trinajstić information content (AvgIpc) is 2.90. The van der Waals surface area contributed by atoms with E-state index >= 15 is 0 Å². The van der Waals surface area contributed by atoms with Crippen molar-refractivity contribution >= 4 is 17.4 Å². The number of anilines is 2. The Hall–Kier alpha value is -2.43. The minimum atomic E-state index is -0.256. The monoisotopic (exact) mass is 259 g/mol. The second kappa shape index (κ2) is 5.95. The SMILES string of the molecule is CN(C)c1ccc(NC(=O)NCc2ccco2)cc1. The second-order valence-corrected chi connectivity index (χ2v) is 4.33. The van der Waals surface area contributed by atoms with Gasteiger partial charge in [0.05, 0.1) is 12.8 Å². The average molecular weight is 259 g/mol. The highest BCUT2D eigenvalue weighted by molar-refractivity contribution is 5.89. The summed E-state index contributed by atoms with van der Waals surface area (Å²) >= 11 is 0. The second-order valence-electron chi connectivity index (χ2n) is 4.33. The Balaban J connectivity index is 1.84. The van der Waals surface area contributed by atoms with Gasteiger partial charge in [-0.15, -0.1) is 0 Å². The molecular weight excluding hydrogens is 242 g/mol. The van der Waals surface area contributed by atoms with Gasteiger partial charge in [-0.05, 0) is 36.4 Å². The van der Waals surface area contributed by atoms with Gasteiger partial charge in [0, 0.05) is 25.5 Å². The summed E-state index contributed by atoms with van der Waals surface area (Å²) in [5, 5.41) is 5.48. The molecule has 0 aliphatic carbocycles. The topological polar surface area (TPSA) is 57.5 Å². The third kappa shape index (κ3) is 3.77. The number of furan rings is 1. The zero-order valence-electron chi connectivity index (χ0n) is 11.0. The molecule has 5 nitrogen and oxygen atoms in total. The molecule has 100 valence electrons. The third-order valence-corrected chi connectivity index (χ3v) is 2.64. The van der Waals surface area contributed by atoms with Gasteiger partial charge in [0.1, 0.15) is 5.76 Å². The van der Waals surface area contributed by atoms with Crippen molar-refractivity contribution in [3.63, 3.8) is 0 Å². The molecule has 2 aromatic rings. The van der Waals surface area contributed by atoms with Crippen molar-refractivity contribution in [1.82, 2.24) is 5.32 Å². The highest BCUT2D eigenvalue weighted by Crippen LogP contribution is 2.15. The number of rotatable bonds is 4. The minimum absolute atomic E-state index is 0.256. The first-order valence-corrected chi connectivity index (χ1v) is 6.00. The maximum absolute atomic E-state index is 11.7. The van der Waals surface area contributed by atoms with Crippen molar-refractivity contribution in [2.75, 3.05) is 24.3 Å². The summed E-state index contributed by atoms with van der Waals surface area (Å²) in [5.74, 6) is 0.720. The highest BCUT2D eigenvalue weighted by Gasteiger charge is 2.03. The van der Waals surface area contributed by atoms with Gasteiger partial charge in [-0.25, -0.2) is 4.79 Å². The number of carbonyl (C=O) groups excluding carboxylic acids is 1. The molecule has 0 spiro atoms. The maximum Gasteiger partial charge on any atom is 0.319 e. The molecule has 0 aliphatic heterocycles. The lowest BCUT2D eigenvalue weighted by atomic mass is 10.2. The Morgan fingerprint density at radius 1 is 1.21 bits per heavy atom. The van der Waals surface area contributed by atoms with Gasteiger partial charge in [0.2, 0.25) is 0 Å². The standard InChI is InChI=1S/C14H17N3O2/c1-17(2)12-7-5-11(6-8-12)16-14(18)15-10-13-4-3-9-19-13/h3-9H,10H2,1-2H3,(H2,15,16,18). The Morgan fingerprint density at radius 3 is 2.53 bits per heavy atom. The summed E-state index contributed by atoms with van der Waals surface area (Å²) in [6.45, 7) is 0.370. The van der Waals surface area contributed by atoms with Crippen LogP contribution in [0, 0.1) is 0 Å². The van der Waals surface area contributed by atoms with Crippen LogP contribution in [0.25, 0.3) is 0 Å². The van der Waals surface area contributed by atoms with Crippen molar-refractivity contribution in [3.8, 4) is 0 Å². The molecule has 0 saturated heterocycles. The zero-order chi connectivity index (χ0) is 13.7. The Kier molecular flexibility index (Phi) is 4.07. The van der Waals surface area contributed by atoms with Crippen LogP contribution in [0.15, 0.2) is 47.1 Å². The molecule has 0 aliphatic rings. The number of hydrogen-bond acceptors (Lipinski definition) is 3. The van der Waals surface area contributed by atoms with E-state index in [1.165, 1.54) is 0 Å². The first kappa shape index (κ1) is 13.0. The number of nitrogens with one attached hydrogen (secondary N) is 2. The smallest absolute Gasteiger partial charge is 0.319 e. The lowest BCUT2D eigenvalue weighted by Crippen LogP contribution is -2.27. The lowest BCUT2D eigenvalue weighted by Gasteiger charge is -2.13. The van der Waals surface area contributed by atoms with E-state index in [1.807, 2.05) is 49.3 Å². The van der Waals surface area contributed by atoms with Crippen LogP contribution in [0.2, 0.25) is 0 Å². The number of hydrogen-bond donors (Lipinski definition) is 2. The molecule has 0 atom stereocenters. The molecule has 0 fully saturated rings. The molecule has 0 bridgehead atoms. The summed E-state index contributed by atoms with van der Waals surface area (Å²) in [7, 11) is 3.94. The van der Waals surface area contributed by atoms with E-state index in [0.717, 1.165) is 17.1 Å². The number of nitrogens with zero attached hydrogens (tertiary/aromatic N) is 1. The first-order chi connectivity index (χ1) is 9.15. The van der Waals surface area contributed by atoms with Crippen LogP contribution in [-0.2, 0) is 6.54 Å². The number of carbonyl (C=O) groups is 1. The molecule has 0 saturated carbocycles. The molecule has 2 N–H and O–H groups in total. The van der Waals surface area contributed by atoms with Crippen molar-refractivity contribution in [2.24, 2.45) is 0 Å². The molecule has 1 aromatic carbocycles. The molecule has 2 amide bonds. The van der Waals surface area contributed by atoms with Gasteiger partial charge in [0.25, 0.3) is 0 Å². The fraction of sp³-hybridized carbons (Fsp3) is 0.214. The van der Waals surface area contributed by atoms with Gasteiger partial charge < -0.3 is 20.0 Å². The van der Waals surface area contributed by atoms with E-state index in [2.05, 4.69) is 10.6 Å². The fourth-order valence-electron chi connectivity index (χ4n) is 1.60. The lowest BCUT2D eigenvalue weighted by molar-refractivity contribution is 0.251. The number of urea groups is 1. The highest BCUT2D eigenvalue weighted by atomic mass is 16.3. The third-order valence-electron chi connectivity index (χ3n) is 2.64. The van der Waals surface area contributed by atoms with Crippen LogP contribution in [0.4, 0.5) is 16.2 Å². The summed E-state index contributed by atoms with van der Waals surface area (Å²) < 4.78 is 5.13. The molecular formula is C14H17N3O2. The summed E-state index contributed by atoms with van der Waals surface area (Å²) in [6, 6.07) is 11.0. The van der Waals surface area contributed by atoms with E-state index < -0.39 is 0 Å². The van der Waals surface area contributed by atoms with Gasteiger partial charge in [0.15, 0.2) is 0 Å². The van der Waals surface area contributed by atoms with Gasteiger partial charge >= 0.3 is 6.03 Å². The molecule has 2 rings (SSSR count). The van der Waals surface area contributed by atoms with E-state index in [4.69, 9.17) is 4.42 Å². The van der Waals surface area contributed by atoms with E-state index in [9.17, 15) is 4.79 Å². The molecule has 0 radical (unpaired) electrons. The summed E-state index contributed by atoms with van der Waals surface area (Å²) in [4.78, 5) is 13.7. The van der Waals surface area contributed by atoms with Crippen molar-refractivity contribution in [1.29, 1.82) is 0 Å². The molecule has 5 heteroatoms. The Bertz CT molecular complexity index is 518. The maximum atomic E-state index is 11.7. The van der Waals surface area contributed by atoms with Crippen LogP contribution >= 0.6 is 0 Å². The van der Waals surface area contributed by atoms with Gasteiger partial charge in [-0.1, -0.05) is 0 Å². The van der Waals surface area contributed by atoms with E-state index in [1.54, 1.807) is 12.3 Å². The normalized spacial score (nSPS) is 10.0. The summed E-state index contributed by atoms with van der Waals surface area (Å²) in [5.41, 5.74) is 1.84. The minimum Gasteiger partial charge on any atom is -0.467 e. The fourth-order valence-corrected chi connectivity index (χ4v) is 1.60. The Morgan fingerprint density at radius 2 is 1.95 bits per heavy atom. The molecule has 0 unspecified atom stereocenters. The van der Waals surface area contributed by atoms with Crippen LogP contribution in [0.5, 0.6) is 0 Å². The van der Waals surface area contributed by atoms with Gasteiger partial charge in [-0.3, -0.25) is 0 Å². The Labute approximate surface area is 112 Å².